The molecule has 9 heteroatoms. The zero-order valence-electron chi connectivity index (χ0n) is 22.5. The molecule has 2 aromatic heterocycles. The molecule has 2 aromatic carbocycles. The van der Waals surface area contributed by atoms with Crippen LogP contribution in [0.4, 0.5) is 13.2 Å². The average molecular weight is 557 g/mol. The van der Waals surface area contributed by atoms with Gasteiger partial charge < -0.3 is 20.6 Å². The summed E-state index contributed by atoms with van der Waals surface area (Å²) >= 11 is 0. The van der Waals surface area contributed by atoms with Gasteiger partial charge in [-0.3, -0.25) is 0 Å². The van der Waals surface area contributed by atoms with Gasteiger partial charge in [0.2, 0.25) is 0 Å². The van der Waals surface area contributed by atoms with Gasteiger partial charge in [-0.15, -0.1) is 0 Å². The van der Waals surface area contributed by atoms with E-state index in [1.807, 2.05) is 24.3 Å². The Labute approximate surface area is 235 Å². The highest BCUT2D eigenvalue weighted by atomic mass is 19.4. The van der Waals surface area contributed by atoms with Crippen LogP contribution in [0.1, 0.15) is 66.4 Å². The first-order valence-corrected chi connectivity index (χ1v) is 14.8. The summed E-state index contributed by atoms with van der Waals surface area (Å²) in [6, 6.07) is 15.8. The Bertz CT molecular complexity index is 1650. The van der Waals surface area contributed by atoms with Gasteiger partial charge in [0.15, 0.2) is 0 Å². The second-order valence-electron chi connectivity index (χ2n) is 12.8. The molecule has 5 aliphatic rings. The summed E-state index contributed by atoms with van der Waals surface area (Å²) in [5, 5.41) is 7.20. The van der Waals surface area contributed by atoms with E-state index in [4.69, 9.17) is 9.97 Å². The van der Waals surface area contributed by atoms with Crippen LogP contribution in [0, 0.1) is 11.8 Å². The van der Waals surface area contributed by atoms with Crippen molar-refractivity contribution >= 4 is 0 Å². The van der Waals surface area contributed by atoms with E-state index < -0.39 is 12.6 Å². The van der Waals surface area contributed by atoms with Crippen molar-refractivity contribution < 1.29 is 13.2 Å². The number of aromatic nitrogens is 4. The topological polar surface area (TPSA) is 81.4 Å². The predicted octanol–water partition coefficient (Wildman–Crippen LogP) is 6.18. The first-order valence-electron chi connectivity index (χ1n) is 14.8. The molecule has 2 saturated carbocycles. The quantitative estimate of drug-likeness (QED) is 0.237. The van der Waals surface area contributed by atoms with Gasteiger partial charge in [-0.25, -0.2) is 9.97 Å². The Morgan fingerprint density at radius 1 is 0.707 bits per heavy atom. The molecule has 2 saturated heterocycles. The van der Waals surface area contributed by atoms with Crippen molar-refractivity contribution in [2.45, 2.75) is 75.3 Å². The van der Waals surface area contributed by atoms with E-state index in [9.17, 15) is 13.2 Å². The van der Waals surface area contributed by atoms with E-state index in [0.717, 1.165) is 60.7 Å². The van der Waals surface area contributed by atoms with E-state index in [1.54, 1.807) is 0 Å². The summed E-state index contributed by atoms with van der Waals surface area (Å²) in [6.45, 7) is 0. The first kappa shape index (κ1) is 24.2. The molecule has 3 aliphatic carbocycles. The maximum Gasteiger partial charge on any atom is 0.394 e. The fourth-order valence-corrected chi connectivity index (χ4v) is 7.50. The summed E-state index contributed by atoms with van der Waals surface area (Å²) in [6.07, 6.45) is 1.16. The lowest BCUT2D eigenvalue weighted by Gasteiger charge is -2.16. The Balaban J connectivity index is 1.01. The van der Waals surface area contributed by atoms with Gasteiger partial charge in [-0.1, -0.05) is 36.4 Å². The number of imidazole rings is 2. The fourth-order valence-electron chi connectivity index (χ4n) is 7.50. The maximum atomic E-state index is 13.5. The minimum Gasteiger partial charge on any atom is -0.344 e. The largest absolute Gasteiger partial charge is 0.394 e. The van der Waals surface area contributed by atoms with E-state index in [2.05, 4.69) is 38.8 Å². The van der Waals surface area contributed by atoms with Gasteiger partial charge in [-0.05, 0) is 73.1 Å². The number of fused-ring (bicyclic) bond motifs is 5. The van der Waals surface area contributed by atoms with Crippen LogP contribution in [-0.2, 0) is 19.3 Å². The fraction of sp³-hybridized carbons (Fsp3) is 0.438. The van der Waals surface area contributed by atoms with Crippen molar-refractivity contribution in [1.29, 1.82) is 0 Å². The van der Waals surface area contributed by atoms with Crippen LogP contribution in [0.25, 0.3) is 33.6 Å². The lowest BCUT2D eigenvalue weighted by atomic mass is 9.89. The third-order valence-electron chi connectivity index (χ3n) is 9.89. The van der Waals surface area contributed by atoms with Crippen molar-refractivity contribution in [3.8, 4) is 33.6 Å². The predicted molar refractivity (Wildman–Crippen MR) is 149 cm³/mol. The Morgan fingerprint density at radius 3 is 2.00 bits per heavy atom. The van der Waals surface area contributed by atoms with Crippen LogP contribution >= 0.6 is 0 Å². The molecule has 6 atom stereocenters. The smallest absolute Gasteiger partial charge is 0.344 e. The summed E-state index contributed by atoms with van der Waals surface area (Å²) < 4.78 is 40.4. The van der Waals surface area contributed by atoms with Crippen molar-refractivity contribution in [2.24, 2.45) is 11.8 Å². The Morgan fingerprint density at radius 2 is 1.34 bits per heavy atom. The highest BCUT2D eigenvalue weighted by Crippen LogP contribution is 2.47. The van der Waals surface area contributed by atoms with Crippen LogP contribution in [0.5, 0.6) is 0 Å². The number of rotatable bonds is 5. The summed E-state index contributed by atoms with van der Waals surface area (Å²) in [5.41, 5.74) is 8.04. The molecular weight excluding hydrogens is 525 g/mol. The highest BCUT2D eigenvalue weighted by molar-refractivity contribution is 5.77. The van der Waals surface area contributed by atoms with Crippen LogP contribution in [0.15, 0.2) is 42.5 Å². The van der Waals surface area contributed by atoms with Gasteiger partial charge in [0.1, 0.15) is 11.6 Å². The summed E-state index contributed by atoms with van der Waals surface area (Å²) in [7, 11) is 0. The number of nitrogens with zero attached hydrogens (tertiary/aromatic N) is 2. The molecule has 41 heavy (non-hydrogen) atoms. The second kappa shape index (κ2) is 8.55. The van der Waals surface area contributed by atoms with E-state index in [-0.39, 0.29) is 11.7 Å². The van der Waals surface area contributed by atoms with Gasteiger partial charge in [0.05, 0.1) is 35.6 Å². The molecule has 0 bridgehead atoms. The number of H-pyrrole nitrogens is 2. The number of halogens is 3. The number of alkyl halides is 3. The van der Waals surface area contributed by atoms with Crippen LogP contribution in [0.3, 0.4) is 0 Å². The van der Waals surface area contributed by atoms with Crippen LogP contribution < -0.4 is 10.6 Å². The molecule has 4 heterocycles. The average Bonchev–Trinajstić information content (AvgIpc) is 3.54. The molecule has 0 radical (unpaired) electrons. The number of hydrogen-bond donors (Lipinski definition) is 4. The summed E-state index contributed by atoms with van der Waals surface area (Å²) in [4.78, 5) is 16.4. The highest BCUT2D eigenvalue weighted by Gasteiger charge is 2.48. The molecule has 210 valence electrons. The number of hydrogen-bond acceptors (Lipinski definition) is 4. The molecular formula is C32H31F3N6. The summed E-state index contributed by atoms with van der Waals surface area (Å²) in [5.74, 6) is 3.11. The normalized spacial score (nSPS) is 29.1. The lowest BCUT2D eigenvalue weighted by Crippen LogP contribution is -2.19. The number of nitrogens with one attached hydrogen (secondary N) is 4. The lowest BCUT2D eigenvalue weighted by molar-refractivity contribution is -0.127. The van der Waals surface area contributed by atoms with Crippen molar-refractivity contribution in [2.75, 3.05) is 0 Å². The molecule has 0 spiro atoms. The number of aryl methyl sites for hydroxylation is 2. The number of aromatic amines is 2. The van der Waals surface area contributed by atoms with E-state index in [0.29, 0.717) is 41.1 Å². The Kier molecular flexibility index (Phi) is 5.04. The number of benzene rings is 2. The van der Waals surface area contributed by atoms with Crippen LogP contribution in [0.2, 0.25) is 0 Å². The molecule has 0 amide bonds. The van der Waals surface area contributed by atoms with Crippen LogP contribution in [-0.4, -0.2) is 38.2 Å². The zero-order valence-corrected chi connectivity index (χ0v) is 22.5. The standard InChI is InChI=1S/C32H31F3N6/c33-32(34,35)14-27-28(40-31(39-27)26-13-20-11-24(20)37-26)17-4-1-15(2-5-17)18-6-3-16-7-8-22-29(21(16)9-18)41-30(38-22)25-12-19-10-23(19)36-25/h1-6,9,19-20,23-26,36-37H,7-8,10-14H2,(H,38,41)(H,39,40)/t19-,20-,23-,24-,25-,26-/m0/s1. The van der Waals surface area contributed by atoms with Gasteiger partial charge in [0.25, 0.3) is 0 Å². The van der Waals surface area contributed by atoms with Gasteiger partial charge >= 0.3 is 6.18 Å². The third-order valence-corrected chi connectivity index (χ3v) is 9.89. The molecule has 4 aromatic rings. The minimum atomic E-state index is -4.31. The maximum absolute atomic E-state index is 13.5. The second-order valence-corrected chi connectivity index (χ2v) is 12.8. The molecule has 9 rings (SSSR count). The molecule has 2 aliphatic heterocycles. The third kappa shape index (κ3) is 4.24. The minimum absolute atomic E-state index is 0.00293. The Hall–Kier alpha value is -3.43. The van der Waals surface area contributed by atoms with E-state index >= 15 is 0 Å². The molecule has 4 N–H and O–H groups in total. The monoisotopic (exact) mass is 556 g/mol. The molecule has 6 nitrogen and oxygen atoms in total. The van der Waals surface area contributed by atoms with Gasteiger partial charge in [0, 0.05) is 28.9 Å². The van der Waals surface area contributed by atoms with Gasteiger partial charge in [-0.2, -0.15) is 13.2 Å². The number of piperidine rings is 2. The molecule has 0 unspecified atom stereocenters. The van der Waals surface area contributed by atoms with Crippen molar-refractivity contribution in [3.05, 3.63) is 71.1 Å². The molecule has 4 fully saturated rings. The zero-order chi connectivity index (χ0) is 27.5. The SMILES string of the molecule is FC(F)(F)Cc1[nH]c([C@@H]2C[C@@H]3C[C@@H]3N2)nc1-c1ccc(-c2ccc3c(c2)-c2nc([C@@H]4C[C@@H]5C[C@@H]5N4)[nH]c2CC3)cc1. The van der Waals surface area contributed by atoms with Crippen molar-refractivity contribution in [1.82, 2.24) is 30.6 Å². The van der Waals surface area contributed by atoms with Crippen molar-refractivity contribution in [3.63, 3.8) is 0 Å². The van der Waals surface area contributed by atoms with E-state index in [1.165, 1.54) is 23.2 Å². The first-order chi connectivity index (χ1) is 19.8.